The summed E-state index contributed by atoms with van der Waals surface area (Å²) in [5.74, 6) is 0.0125. The molecule has 0 bridgehead atoms. The molecule has 0 aliphatic heterocycles. The van der Waals surface area contributed by atoms with Crippen LogP contribution in [0.25, 0.3) is 5.53 Å². The van der Waals surface area contributed by atoms with Gasteiger partial charge in [0, 0.05) is 0 Å². The van der Waals surface area contributed by atoms with Gasteiger partial charge >= 0.3 is 12.2 Å². The van der Waals surface area contributed by atoms with E-state index in [9.17, 15) is 4.79 Å². The maximum absolute atomic E-state index is 10.7. The van der Waals surface area contributed by atoms with Crippen LogP contribution in [0.1, 0.15) is 0 Å². The number of ether oxygens (including phenoxy) is 2. The summed E-state index contributed by atoms with van der Waals surface area (Å²) in [6.45, 7) is 0.370. The second-order valence-corrected chi connectivity index (χ2v) is 2.57. The van der Waals surface area contributed by atoms with Crippen molar-refractivity contribution in [2.24, 2.45) is 0 Å². The Morgan fingerprint density at radius 1 is 1.33 bits per heavy atom. The van der Waals surface area contributed by atoms with Crippen LogP contribution in [0.3, 0.4) is 0 Å². The maximum Gasteiger partial charge on any atom is 0.413 e. The van der Waals surface area contributed by atoms with Crippen molar-refractivity contribution < 1.29 is 19.1 Å². The molecule has 0 fully saturated rings. The first-order valence-corrected chi connectivity index (χ1v) is 4.35. The Balaban J connectivity index is 2.17. The molecule has 78 valence electrons. The minimum absolute atomic E-state index is 0.111. The molecule has 0 unspecified atom stereocenters. The molecule has 0 radical (unpaired) electrons. The summed E-state index contributed by atoms with van der Waals surface area (Å²) in [6, 6.07) is 9.18. The van der Waals surface area contributed by atoms with Gasteiger partial charge in [0.1, 0.15) is 19.0 Å². The SMILES string of the molecule is [N-]=[N+]=CC(=O)OCCOc1ccccc1. The molecular weight excluding hydrogens is 196 g/mol. The maximum atomic E-state index is 10.7. The molecule has 0 spiro atoms. The van der Waals surface area contributed by atoms with Crippen LogP contribution in [-0.4, -0.2) is 30.2 Å². The lowest BCUT2D eigenvalue weighted by Gasteiger charge is -2.04. The van der Waals surface area contributed by atoms with Crippen LogP contribution in [0, 0.1) is 0 Å². The number of carbonyl (C=O) groups is 1. The van der Waals surface area contributed by atoms with Gasteiger partial charge in [-0.05, 0) is 12.1 Å². The van der Waals surface area contributed by atoms with Crippen LogP contribution >= 0.6 is 0 Å². The zero-order valence-electron chi connectivity index (χ0n) is 8.00. The standard InChI is InChI=1S/C10H10N2O3/c11-12-8-10(13)15-7-6-14-9-4-2-1-3-5-9/h1-5,8H,6-7H2. The van der Waals surface area contributed by atoms with Crippen LogP contribution in [0.2, 0.25) is 0 Å². The van der Waals surface area contributed by atoms with Gasteiger partial charge in [0.2, 0.25) is 0 Å². The normalized spacial score (nSPS) is 8.80. The van der Waals surface area contributed by atoms with Crippen molar-refractivity contribution in [1.82, 2.24) is 0 Å². The summed E-state index contributed by atoms with van der Waals surface area (Å²) >= 11 is 0. The summed E-state index contributed by atoms with van der Waals surface area (Å²) < 4.78 is 9.88. The van der Waals surface area contributed by atoms with Gasteiger partial charge in [-0.1, -0.05) is 18.2 Å². The Kier molecular flexibility index (Phi) is 4.63. The molecule has 1 aromatic carbocycles. The zero-order chi connectivity index (χ0) is 10.9. The van der Waals surface area contributed by atoms with Crippen LogP contribution in [0.4, 0.5) is 0 Å². The molecular formula is C10H10N2O3. The highest BCUT2D eigenvalue weighted by Gasteiger charge is 2.02. The van der Waals surface area contributed by atoms with Crippen molar-refractivity contribution in [2.45, 2.75) is 0 Å². The summed E-state index contributed by atoms with van der Waals surface area (Å²) in [7, 11) is 0. The van der Waals surface area contributed by atoms with Gasteiger partial charge in [0.25, 0.3) is 0 Å². The highest BCUT2D eigenvalue weighted by Crippen LogP contribution is 2.07. The van der Waals surface area contributed by atoms with Gasteiger partial charge in [-0.3, -0.25) is 0 Å². The molecule has 5 heteroatoms. The van der Waals surface area contributed by atoms with E-state index in [1.807, 2.05) is 18.2 Å². The molecule has 0 aromatic heterocycles. The van der Waals surface area contributed by atoms with Crippen molar-refractivity contribution in [3.63, 3.8) is 0 Å². The van der Waals surface area contributed by atoms with E-state index in [0.717, 1.165) is 0 Å². The lowest BCUT2D eigenvalue weighted by atomic mass is 10.3. The van der Waals surface area contributed by atoms with Gasteiger partial charge in [-0.2, -0.15) is 4.79 Å². The summed E-state index contributed by atoms with van der Waals surface area (Å²) in [5, 5.41) is 0. The molecule has 15 heavy (non-hydrogen) atoms. The van der Waals surface area contributed by atoms with E-state index in [0.29, 0.717) is 12.0 Å². The Labute approximate surface area is 86.9 Å². The first-order valence-electron chi connectivity index (χ1n) is 4.35. The Morgan fingerprint density at radius 2 is 2.07 bits per heavy atom. The first-order chi connectivity index (χ1) is 7.33. The molecule has 0 amide bonds. The van der Waals surface area contributed by atoms with Crippen molar-refractivity contribution in [1.29, 1.82) is 0 Å². The summed E-state index contributed by atoms with van der Waals surface area (Å²) in [6.07, 6.45) is 0.683. The Bertz CT molecular complexity index is 358. The molecule has 1 aromatic rings. The second-order valence-electron chi connectivity index (χ2n) is 2.57. The molecule has 0 N–H and O–H groups in total. The van der Waals surface area contributed by atoms with Crippen molar-refractivity contribution in [3.8, 4) is 5.75 Å². The highest BCUT2D eigenvalue weighted by molar-refractivity contribution is 6.20. The van der Waals surface area contributed by atoms with E-state index in [2.05, 4.69) is 9.53 Å². The number of carbonyl (C=O) groups excluding carboxylic acids is 1. The van der Waals surface area contributed by atoms with Gasteiger partial charge in [0.15, 0.2) is 0 Å². The number of rotatable bonds is 5. The average molecular weight is 206 g/mol. The number of hydrogen-bond acceptors (Lipinski definition) is 3. The molecule has 0 saturated carbocycles. The smallest absolute Gasteiger partial charge is 0.413 e. The molecule has 0 aliphatic rings. The van der Waals surface area contributed by atoms with Gasteiger partial charge in [-0.25, -0.2) is 4.79 Å². The molecule has 0 heterocycles. The van der Waals surface area contributed by atoms with E-state index < -0.39 is 5.97 Å². The summed E-state index contributed by atoms with van der Waals surface area (Å²) in [5.41, 5.74) is 8.01. The van der Waals surface area contributed by atoms with Crippen LogP contribution < -0.4 is 4.74 Å². The van der Waals surface area contributed by atoms with Crippen LogP contribution in [0.5, 0.6) is 5.75 Å². The fraction of sp³-hybridized carbons (Fsp3) is 0.200. The van der Waals surface area contributed by atoms with Crippen molar-refractivity contribution in [2.75, 3.05) is 13.2 Å². The van der Waals surface area contributed by atoms with Gasteiger partial charge < -0.3 is 15.0 Å². The number of benzene rings is 1. The number of esters is 1. The third-order valence-corrected chi connectivity index (χ3v) is 1.50. The van der Waals surface area contributed by atoms with Gasteiger partial charge in [0.05, 0.1) is 0 Å². The largest absolute Gasteiger partial charge is 0.490 e. The zero-order valence-corrected chi connectivity index (χ0v) is 8.00. The van der Waals surface area contributed by atoms with Crippen LogP contribution in [0.15, 0.2) is 30.3 Å². The second kappa shape index (κ2) is 6.34. The van der Waals surface area contributed by atoms with Crippen molar-refractivity contribution >= 4 is 12.2 Å². The molecule has 5 nitrogen and oxygen atoms in total. The quantitative estimate of drug-likeness (QED) is 0.236. The van der Waals surface area contributed by atoms with Crippen LogP contribution in [-0.2, 0) is 9.53 Å². The predicted molar refractivity (Wildman–Crippen MR) is 52.6 cm³/mol. The molecule has 1 rings (SSSR count). The Morgan fingerprint density at radius 3 is 2.73 bits per heavy atom. The molecule has 0 aliphatic carbocycles. The number of hydrogen-bond donors (Lipinski definition) is 0. The van der Waals surface area contributed by atoms with Gasteiger partial charge in [-0.15, -0.1) is 0 Å². The topological polar surface area (TPSA) is 71.9 Å². The fourth-order valence-corrected chi connectivity index (χ4v) is 0.903. The van der Waals surface area contributed by atoms with E-state index in [-0.39, 0.29) is 13.2 Å². The molecule has 0 atom stereocenters. The minimum Gasteiger partial charge on any atom is -0.490 e. The van der Waals surface area contributed by atoms with Crippen molar-refractivity contribution in [3.05, 3.63) is 35.9 Å². The highest BCUT2D eigenvalue weighted by atomic mass is 16.6. The number of para-hydroxylation sites is 1. The van der Waals surface area contributed by atoms with E-state index in [1.165, 1.54) is 0 Å². The number of nitrogens with zero attached hydrogens (tertiary/aromatic N) is 2. The first kappa shape index (κ1) is 10.9. The average Bonchev–Trinajstić information content (AvgIpc) is 2.26. The predicted octanol–water partition coefficient (Wildman–Crippen LogP) is 0.909. The minimum atomic E-state index is -0.700. The lowest BCUT2D eigenvalue weighted by molar-refractivity contribution is -0.139. The lowest BCUT2D eigenvalue weighted by Crippen LogP contribution is -2.13. The monoisotopic (exact) mass is 206 g/mol. The summed E-state index contributed by atoms with van der Waals surface area (Å²) in [4.78, 5) is 13.2. The Hall–Kier alpha value is -2.13. The third-order valence-electron chi connectivity index (χ3n) is 1.50. The third kappa shape index (κ3) is 4.59. The molecule has 0 saturated heterocycles. The van der Waals surface area contributed by atoms with E-state index in [1.54, 1.807) is 12.1 Å². The van der Waals surface area contributed by atoms with E-state index in [4.69, 9.17) is 10.3 Å². The fourth-order valence-electron chi connectivity index (χ4n) is 0.903. The van der Waals surface area contributed by atoms with E-state index >= 15 is 0 Å².